The number of guanidine groups is 1. The number of esters is 1. The lowest BCUT2D eigenvalue weighted by Gasteiger charge is -2.39. The van der Waals surface area contributed by atoms with Crippen LogP contribution in [0.1, 0.15) is 92.4 Å². The van der Waals surface area contributed by atoms with Gasteiger partial charge in [-0.25, -0.2) is 14.4 Å². The summed E-state index contributed by atoms with van der Waals surface area (Å²) in [6.45, 7) is 15.8. The number of benzene rings is 2. The van der Waals surface area contributed by atoms with Gasteiger partial charge in [0.1, 0.15) is 11.2 Å². The summed E-state index contributed by atoms with van der Waals surface area (Å²) in [5.41, 5.74) is -0.470. The average Bonchev–Trinajstić information content (AvgIpc) is 3.06. The fraction of sp³-hybridized carbons (Fsp3) is 0.487. The zero-order chi connectivity index (χ0) is 39.3. The minimum atomic E-state index is -1.45. The standard InChI is InChI=1S/C39H53N5O9/c1-10-22-44(23-11-2)33(46)32-30(40-25(3)45)28(41-35(42-36(48)52-38(4,5)6)43-37(49)53-39(7,8)9)24-29(50-32)34(47)51-31(26-18-14-12-15-19-26)27-20-16-13-17-21-27/h12-21,24,28,30-32H,10-11,22-23H2,1-9H3,(H,40,45)(H2,41,42,43,48,49)/t28-,30+,32+/m0/s1. The first-order valence-corrected chi connectivity index (χ1v) is 17.7. The van der Waals surface area contributed by atoms with Gasteiger partial charge >= 0.3 is 18.2 Å². The second-order valence-corrected chi connectivity index (χ2v) is 14.5. The largest absolute Gasteiger partial charge is 0.471 e. The van der Waals surface area contributed by atoms with E-state index in [1.54, 1.807) is 46.4 Å². The van der Waals surface area contributed by atoms with Crippen LogP contribution in [0.15, 0.2) is 77.5 Å². The van der Waals surface area contributed by atoms with E-state index in [0.29, 0.717) is 37.1 Å². The van der Waals surface area contributed by atoms with E-state index < -0.39 is 71.4 Å². The fourth-order valence-electron chi connectivity index (χ4n) is 5.39. The van der Waals surface area contributed by atoms with Crippen LogP contribution in [0.3, 0.4) is 0 Å². The van der Waals surface area contributed by atoms with Crippen LogP contribution >= 0.6 is 0 Å². The molecule has 0 unspecified atom stereocenters. The molecule has 3 atom stereocenters. The molecule has 1 aliphatic rings. The number of ether oxygens (including phenoxy) is 4. The lowest BCUT2D eigenvalue weighted by molar-refractivity contribution is -0.154. The molecule has 14 nitrogen and oxygen atoms in total. The van der Waals surface area contributed by atoms with Gasteiger partial charge in [0.05, 0.1) is 12.1 Å². The molecule has 2 aromatic carbocycles. The smallest absolute Gasteiger partial charge is 0.437 e. The monoisotopic (exact) mass is 735 g/mol. The average molecular weight is 736 g/mol. The number of hydrogen-bond donors (Lipinski definition) is 3. The zero-order valence-electron chi connectivity index (χ0n) is 32.1. The van der Waals surface area contributed by atoms with Crippen LogP contribution in [-0.4, -0.2) is 83.3 Å². The molecule has 1 heterocycles. The second-order valence-electron chi connectivity index (χ2n) is 14.5. The van der Waals surface area contributed by atoms with Gasteiger partial charge in [0.2, 0.25) is 17.6 Å². The lowest BCUT2D eigenvalue weighted by Crippen LogP contribution is -2.64. The molecule has 53 heavy (non-hydrogen) atoms. The predicted molar refractivity (Wildman–Crippen MR) is 199 cm³/mol. The fourth-order valence-corrected chi connectivity index (χ4v) is 5.39. The van der Waals surface area contributed by atoms with Crippen molar-refractivity contribution in [3.8, 4) is 0 Å². The van der Waals surface area contributed by atoms with Crippen molar-refractivity contribution in [1.82, 2.24) is 20.9 Å². The van der Waals surface area contributed by atoms with E-state index >= 15 is 0 Å². The maximum Gasteiger partial charge on any atom is 0.437 e. The van der Waals surface area contributed by atoms with E-state index in [1.807, 2.05) is 74.5 Å². The summed E-state index contributed by atoms with van der Waals surface area (Å²) in [6, 6.07) is 15.9. The molecule has 0 spiro atoms. The molecular formula is C39H53N5O9. The Morgan fingerprint density at radius 2 is 1.34 bits per heavy atom. The predicted octanol–water partition coefficient (Wildman–Crippen LogP) is 5.53. The Balaban J connectivity index is 2.16. The summed E-state index contributed by atoms with van der Waals surface area (Å²) in [7, 11) is 0. The Morgan fingerprint density at radius 1 is 0.811 bits per heavy atom. The molecule has 3 rings (SSSR count). The third kappa shape index (κ3) is 13.6. The number of carbonyl (C=O) groups excluding carboxylic acids is 5. The Hall–Kier alpha value is -5.40. The molecule has 288 valence electrons. The van der Waals surface area contributed by atoms with Crippen LogP contribution in [-0.2, 0) is 33.3 Å². The van der Waals surface area contributed by atoms with Crippen molar-refractivity contribution in [2.45, 2.75) is 111 Å². The van der Waals surface area contributed by atoms with Crippen LogP contribution in [0.25, 0.3) is 0 Å². The molecule has 0 aliphatic carbocycles. The molecule has 0 radical (unpaired) electrons. The molecule has 0 saturated carbocycles. The molecule has 0 aromatic heterocycles. The Bertz CT molecular complexity index is 1590. The normalized spacial score (nSPS) is 17.4. The SMILES string of the molecule is CCCN(CCC)C(=O)[C@@H]1OC(C(=O)OC(c2ccccc2)c2ccccc2)=C[C@H](N/C(=N\C(=O)OC(C)(C)C)NC(=O)OC(C)(C)C)[C@H]1NC(C)=O. The van der Waals surface area contributed by atoms with Crippen molar-refractivity contribution < 1.29 is 42.9 Å². The van der Waals surface area contributed by atoms with E-state index in [0.717, 1.165) is 0 Å². The first-order chi connectivity index (χ1) is 24.9. The topological polar surface area (TPSA) is 174 Å². The quantitative estimate of drug-likeness (QED) is 0.115. The maximum absolute atomic E-state index is 14.3. The lowest BCUT2D eigenvalue weighted by atomic mass is 9.96. The summed E-state index contributed by atoms with van der Waals surface area (Å²) in [5, 5.41) is 8.10. The van der Waals surface area contributed by atoms with Gasteiger partial charge in [-0.1, -0.05) is 74.5 Å². The molecule has 14 heteroatoms. The van der Waals surface area contributed by atoms with Crippen LogP contribution in [0, 0.1) is 0 Å². The first kappa shape index (κ1) is 42.0. The summed E-state index contributed by atoms with van der Waals surface area (Å²) < 4.78 is 23.0. The van der Waals surface area contributed by atoms with Crippen LogP contribution < -0.4 is 16.0 Å². The van der Waals surface area contributed by atoms with Gasteiger partial charge in [0.15, 0.2) is 12.2 Å². The van der Waals surface area contributed by atoms with Crippen molar-refractivity contribution in [2.75, 3.05) is 13.1 Å². The Labute approximate surface area is 311 Å². The highest BCUT2D eigenvalue weighted by atomic mass is 16.6. The Kier molecular flexibility index (Phi) is 15.0. The van der Waals surface area contributed by atoms with E-state index in [4.69, 9.17) is 18.9 Å². The van der Waals surface area contributed by atoms with E-state index in [9.17, 15) is 24.0 Å². The van der Waals surface area contributed by atoms with Crippen molar-refractivity contribution in [3.05, 3.63) is 83.6 Å². The van der Waals surface area contributed by atoms with Gasteiger partial charge in [-0.3, -0.25) is 14.9 Å². The van der Waals surface area contributed by atoms with Gasteiger partial charge in [0.25, 0.3) is 5.91 Å². The third-order valence-electron chi connectivity index (χ3n) is 7.36. The number of nitrogens with zero attached hydrogens (tertiary/aromatic N) is 2. The third-order valence-corrected chi connectivity index (χ3v) is 7.36. The molecule has 0 fully saturated rings. The summed E-state index contributed by atoms with van der Waals surface area (Å²) in [4.78, 5) is 72.4. The highest BCUT2D eigenvalue weighted by Crippen LogP contribution is 2.29. The first-order valence-electron chi connectivity index (χ1n) is 17.7. The van der Waals surface area contributed by atoms with Crippen molar-refractivity contribution in [1.29, 1.82) is 0 Å². The van der Waals surface area contributed by atoms with Crippen LogP contribution in [0.5, 0.6) is 0 Å². The molecule has 3 N–H and O–H groups in total. The highest BCUT2D eigenvalue weighted by molar-refractivity contribution is 5.99. The van der Waals surface area contributed by atoms with Gasteiger partial charge in [-0.05, 0) is 71.6 Å². The zero-order valence-corrected chi connectivity index (χ0v) is 32.1. The van der Waals surface area contributed by atoms with Gasteiger partial charge in [-0.2, -0.15) is 0 Å². The maximum atomic E-state index is 14.3. The van der Waals surface area contributed by atoms with Crippen molar-refractivity contribution in [3.63, 3.8) is 0 Å². The minimum Gasteiger partial charge on any atom is -0.471 e. The number of amides is 4. The number of hydrogen-bond acceptors (Lipinski definition) is 9. The molecule has 0 bridgehead atoms. The van der Waals surface area contributed by atoms with Crippen molar-refractivity contribution in [2.24, 2.45) is 4.99 Å². The second kappa shape index (κ2) is 18.9. The number of carbonyl (C=O) groups is 5. The van der Waals surface area contributed by atoms with E-state index in [1.165, 1.54) is 13.0 Å². The number of nitrogens with one attached hydrogen (secondary N) is 3. The highest BCUT2D eigenvalue weighted by Gasteiger charge is 2.44. The van der Waals surface area contributed by atoms with E-state index in [-0.39, 0.29) is 5.76 Å². The Morgan fingerprint density at radius 3 is 1.81 bits per heavy atom. The number of alkyl carbamates (subject to hydrolysis) is 1. The summed E-state index contributed by atoms with van der Waals surface area (Å²) in [5.74, 6) is -2.69. The molecule has 1 aliphatic heterocycles. The molecule has 0 saturated heterocycles. The number of rotatable bonds is 11. The molecule has 4 amide bonds. The van der Waals surface area contributed by atoms with Crippen LogP contribution in [0.4, 0.5) is 9.59 Å². The van der Waals surface area contributed by atoms with Gasteiger partial charge < -0.3 is 34.5 Å². The number of aliphatic imine (C=N–C) groups is 1. The minimum absolute atomic E-state index is 0.346. The molecular weight excluding hydrogens is 682 g/mol. The van der Waals surface area contributed by atoms with Crippen LogP contribution in [0.2, 0.25) is 0 Å². The summed E-state index contributed by atoms with van der Waals surface area (Å²) >= 11 is 0. The van der Waals surface area contributed by atoms with Crippen molar-refractivity contribution >= 4 is 35.9 Å². The summed E-state index contributed by atoms with van der Waals surface area (Å²) in [6.07, 6.45) is -1.73. The molecule has 2 aromatic rings. The van der Waals surface area contributed by atoms with Gasteiger partial charge in [-0.15, -0.1) is 4.99 Å². The van der Waals surface area contributed by atoms with Gasteiger partial charge in [0, 0.05) is 20.0 Å². The van der Waals surface area contributed by atoms with E-state index in [2.05, 4.69) is 20.9 Å².